The zero-order chi connectivity index (χ0) is 37.9. The molecule has 1 nitrogen and oxygen atoms in total. The van der Waals surface area contributed by atoms with Gasteiger partial charge in [-0.3, -0.25) is 0 Å². The third-order valence-electron chi connectivity index (χ3n) is 13.3. The number of rotatable bonds is 4. The van der Waals surface area contributed by atoms with E-state index in [1.807, 2.05) is 0 Å². The summed E-state index contributed by atoms with van der Waals surface area (Å²) in [6.07, 6.45) is 0. The molecule has 1 atom stereocenters. The Morgan fingerprint density at radius 2 is 0.860 bits per heavy atom. The van der Waals surface area contributed by atoms with Crippen molar-refractivity contribution in [2.45, 2.75) is 24.7 Å². The Morgan fingerprint density at radius 3 is 1.65 bits per heavy atom. The van der Waals surface area contributed by atoms with E-state index in [1.54, 1.807) is 0 Å². The number of anilines is 3. The van der Waals surface area contributed by atoms with Gasteiger partial charge in [-0.15, -0.1) is 0 Å². The topological polar surface area (TPSA) is 3.24 Å². The number of hydrogen-bond acceptors (Lipinski definition) is 1. The summed E-state index contributed by atoms with van der Waals surface area (Å²) in [5.74, 6) is 0. The highest BCUT2D eigenvalue weighted by Gasteiger charge is 2.52. The van der Waals surface area contributed by atoms with Crippen LogP contribution in [0, 0.1) is 0 Å². The zero-order valence-electron chi connectivity index (χ0n) is 32.0. The van der Waals surface area contributed by atoms with Gasteiger partial charge < -0.3 is 4.90 Å². The molecule has 0 radical (unpaired) electrons. The lowest BCUT2D eigenvalue weighted by Gasteiger charge is -2.31. The minimum atomic E-state index is -0.411. The average molecular weight is 726 g/mol. The van der Waals surface area contributed by atoms with Crippen LogP contribution in [-0.2, 0) is 10.8 Å². The first-order valence-corrected chi connectivity index (χ1v) is 20.1. The summed E-state index contributed by atoms with van der Waals surface area (Å²) in [4.78, 5) is 2.46. The van der Waals surface area contributed by atoms with Gasteiger partial charge in [0.1, 0.15) is 0 Å². The highest BCUT2D eigenvalue weighted by atomic mass is 15.1. The zero-order valence-corrected chi connectivity index (χ0v) is 32.0. The summed E-state index contributed by atoms with van der Waals surface area (Å²) in [7, 11) is 0. The third-order valence-corrected chi connectivity index (χ3v) is 13.3. The van der Waals surface area contributed by atoms with Gasteiger partial charge in [0.2, 0.25) is 0 Å². The van der Waals surface area contributed by atoms with Gasteiger partial charge in [0.05, 0.1) is 5.41 Å². The molecule has 268 valence electrons. The van der Waals surface area contributed by atoms with E-state index in [-0.39, 0.29) is 5.41 Å². The maximum Gasteiger partial charge on any atom is 0.0725 e. The number of benzene rings is 9. The first kappa shape index (κ1) is 32.3. The van der Waals surface area contributed by atoms with Gasteiger partial charge in [-0.25, -0.2) is 0 Å². The van der Waals surface area contributed by atoms with E-state index in [0.29, 0.717) is 0 Å². The fourth-order valence-corrected chi connectivity index (χ4v) is 10.8. The molecule has 1 heteroatoms. The van der Waals surface area contributed by atoms with Crippen molar-refractivity contribution >= 4 is 27.8 Å². The second-order valence-electron chi connectivity index (χ2n) is 16.4. The summed E-state index contributed by atoms with van der Waals surface area (Å²) in [5.41, 5.74) is 21.5. The molecule has 1 spiro atoms. The largest absolute Gasteiger partial charge is 0.310 e. The summed E-state index contributed by atoms with van der Waals surface area (Å²) in [6.45, 7) is 4.74. The van der Waals surface area contributed by atoms with Crippen LogP contribution < -0.4 is 4.90 Å². The molecule has 0 fully saturated rings. The Labute approximate surface area is 334 Å². The molecule has 3 aliphatic carbocycles. The van der Waals surface area contributed by atoms with E-state index < -0.39 is 5.41 Å². The molecule has 0 amide bonds. The first-order chi connectivity index (χ1) is 28.0. The molecule has 1 unspecified atom stereocenters. The van der Waals surface area contributed by atoms with Crippen LogP contribution in [0.5, 0.6) is 0 Å². The second-order valence-corrected chi connectivity index (χ2v) is 16.4. The number of hydrogen-bond donors (Lipinski definition) is 0. The standard InChI is InChI=1S/C56H39N/c1-55(2)48-21-11-8-18-43(48)45-31-29-41(35-53(45)55)57(39-27-24-37(25-28-39)36-14-4-3-5-15-36)40-30-33-51-47(34-40)44-19-9-12-22-49(44)56(51)50-23-13-10-20-46(50)54-42-17-7-6-16-38(42)26-32-52(54)56/h3-35H,1-2H3. The fraction of sp³-hybridized carbons (Fsp3) is 0.0714. The van der Waals surface area contributed by atoms with Crippen molar-refractivity contribution in [3.63, 3.8) is 0 Å². The highest BCUT2D eigenvalue weighted by molar-refractivity contribution is 6.06. The fourth-order valence-electron chi connectivity index (χ4n) is 10.8. The third kappa shape index (κ3) is 4.34. The molecule has 0 bridgehead atoms. The van der Waals surface area contributed by atoms with E-state index in [9.17, 15) is 0 Å². The van der Waals surface area contributed by atoms with Crippen molar-refractivity contribution in [3.8, 4) is 44.5 Å². The Balaban J connectivity index is 1.08. The molecule has 0 saturated heterocycles. The van der Waals surface area contributed by atoms with Gasteiger partial charge in [-0.1, -0.05) is 178 Å². The minimum absolute atomic E-state index is 0.110. The molecule has 0 N–H and O–H groups in total. The van der Waals surface area contributed by atoms with Crippen molar-refractivity contribution in [1.29, 1.82) is 0 Å². The van der Waals surface area contributed by atoms with Crippen LogP contribution in [0.2, 0.25) is 0 Å². The van der Waals surface area contributed by atoms with E-state index in [4.69, 9.17) is 0 Å². The summed E-state index contributed by atoms with van der Waals surface area (Å²) >= 11 is 0. The van der Waals surface area contributed by atoms with E-state index >= 15 is 0 Å². The summed E-state index contributed by atoms with van der Waals surface area (Å²) < 4.78 is 0. The maximum absolute atomic E-state index is 2.46. The predicted molar refractivity (Wildman–Crippen MR) is 238 cm³/mol. The van der Waals surface area contributed by atoms with Crippen LogP contribution in [0.1, 0.15) is 47.2 Å². The van der Waals surface area contributed by atoms with Gasteiger partial charge in [0, 0.05) is 22.5 Å². The first-order valence-electron chi connectivity index (χ1n) is 20.1. The van der Waals surface area contributed by atoms with Crippen LogP contribution in [0.3, 0.4) is 0 Å². The molecule has 3 aliphatic rings. The molecule has 9 aromatic carbocycles. The molecule has 57 heavy (non-hydrogen) atoms. The van der Waals surface area contributed by atoms with E-state index in [0.717, 1.165) is 17.1 Å². The van der Waals surface area contributed by atoms with Crippen molar-refractivity contribution in [1.82, 2.24) is 0 Å². The molecule has 9 aromatic rings. The van der Waals surface area contributed by atoms with Crippen molar-refractivity contribution in [2.24, 2.45) is 0 Å². The summed E-state index contributed by atoms with van der Waals surface area (Å²) in [5, 5.41) is 2.59. The normalized spacial score (nSPS) is 16.1. The van der Waals surface area contributed by atoms with Gasteiger partial charge >= 0.3 is 0 Å². The lowest BCUT2D eigenvalue weighted by atomic mass is 9.70. The Morgan fingerprint density at radius 1 is 0.333 bits per heavy atom. The van der Waals surface area contributed by atoms with Gasteiger partial charge in [0.25, 0.3) is 0 Å². The minimum Gasteiger partial charge on any atom is -0.310 e. The van der Waals surface area contributed by atoms with Crippen LogP contribution >= 0.6 is 0 Å². The quantitative estimate of drug-likeness (QED) is 0.175. The molecule has 0 heterocycles. The lowest BCUT2D eigenvalue weighted by molar-refractivity contribution is 0.660. The Bertz CT molecular complexity index is 3100. The monoisotopic (exact) mass is 725 g/mol. The molecule has 0 aromatic heterocycles. The van der Waals surface area contributed by atoms with E-state index in [1.165, 1.54) is 88.7 Å². The Hall–Kier alpha value is -6.96. The SMILES string of the molecule is CC1(C)c2ccccc2-c2ccc(N(c3ccc(-c4ccccc4)cc3)c3ccc4c(c3)-c3ccccc3C43c4ccccc4-c4c3ccc3ccccc43)cc21. The average Bonchev–Trinajstić information content (AvgIpc) is 3.83. The second kappa shape index (κ2) is 11.8. The maximum atomic E-state index is 2.46. The molecule has 0 aliphatic heterocycles. The van der Waals surface area contributed by atoms with Gasteiger partial charge in [0.15, 0.2) is 0 Å². The highest BCUT2D eigenvalue weighted by Crippen LogP contribution is 2.64. The predicted octanol–water partition coefficient (Wildman–Crippen LogP) is 14.6. The number of fused-ring (bicyclic) bond motifs is 15. The number of nitrogens with zero attached hydrogens (tertiary/aromatic N) is 1. The molecule has 0 saturated carbocycles. The van der Waals surface area contributed by atoms with Gasteiger partial charge in [-0.05, 0) is 125 Å². The van der Waals surface area contributed by atoms with Gasteiger partial charge in [-0.2, -0.15) is 0 Å². The Kier molecular flexibility index (Phi) is 6.67. The van der Waals surface area contributed by atoms with E-state index in [2.05, 4.69) is 219 Å². The molecular formula is C56H39N. The van der Waals surface area contributed by atoms with Crippen molar-refractivity contribution < 1.29 is 0 Å². The van der Waals surface area contributed by atoms with Crippen LogP contribution in [-0.4, -0.2) is 0 Å². The lowest BCUT2D eigenvalue weighted by Crippen LogP contribution is -2.25. The smallest absolute Gasteiger partial charge is 0.0725 e. The van der Waals surface area contributed by atoms with Crippen LogP contribution in [0.4, 0.5) is 17.1 Å². The van der Waals surface area contributed by atoms with Crippen LogP contribution in [0.25, 0.3) is 55.3 Å². The molecule has 12 rings (SSSR count). The van der Waals surface area contributed by atoms with Crippen LogP contribution in [0.15, 0.2) is 200 Å². The van der Waals surface area contributed by atoms with Crippen molar-refractivity contribution in [3.05, 3.63) is 234 Å². The molecular weight excluding hydrogens is 687 g/mol. The van der Waals surface area contributed by atoms with Crippen molar-refractivity contribution in [2.75, 3.05) is 4.90 Å². The summed E-state index contributed by atoms with van der Waals surface area (Å²) in [6, 6.07) is 74.9.